The van der Waals surface area contributed by atoms with Crippen LogP contribution in [0.3, 0.4) is 0 Å². The minimum Gasteiger partial charge on any atom is -0.336 e. The van der Waals surface area contributed by atoms with Crippen molar-refractivity contribution in [2.24, 2.45) is 7.05 Å². The molecule has 1 aromatic carbocycles. The normalized spacial score (nSPS) is 15.3. The molecule has 8 heteroatoms. The van der Waals surface area contributed by atoms with Crippen LogP contribution in [-0.4, -0.2) is 43.4 Å². The van der Waals surface area contributed by atoms with Gasteiger partial charge in [0.05, 0.1) is 22.0 Å². The number of thioether (sulfide) groups is 1. The summed E-state index contributed by atoms with van der Waals surface area (Å²) in [5.74, 6) is 2.01. The predicted molar refractivity (Wildman–Crippen MR) is 105 cm³/mol. The van der Waals surface area contributed by atoms with Crippen LogP contribution >= 0.6 is 23.1 Å². The van der Waals surface area contributed by atoms with Gasteiger partial charge in [-0.25, -0.2) is 4.98 Å². The van der Waals surface area contributed by atoms with E-state index in [1.807, 2.05) is 43.8 Å². The van der Waals surface area contributed by atoms with Crippen LogP contribution in [0.5, 0.6) is 0 Å². The number of amides is 1. The van der Waals surface area contributed by atoms with Crippen molar-refractivity contribution in [1.29, 1.82) is 0 Å². The third-order valence-electron chi connectivity index (χ3n) is 4.78. The molecule has 1 amide bonds. The van der Waals surface area contributed by atoms with Crippen molar-refractivity contribution in [3.8, 4) is 0 Å². The van der Waals surface area contributed by atoms with Gasteiger partial charge in [-0.15, -0.1) is 21.5 Å². The molecule has 0 N–H and O–H groups in total. The molecular weight excluding hydrogens is 366 g/mol. The highest BCUT2D eigenvalue weighted by Crippen LogP contribution is 2.39. The molecule has 2 aromatic heterocycles. The van der Waals surface area contributed by atoms with Crippen molar-refractivity contribution in [2.75, 3.05) is 12.8 Å². The average Bonchev–Trinajstić information content (AvgIpc) is 3.28. The summed E-state index contributed by atoms with van der Waals surface area (Å²) in [6.45, 7) is 2.02. The fourth-order valence-corrected chi connectivity index (χ4v) is 4.73. The SMILES string of the molecule is C[C@@H](c1nc2ccccc2s1)N(C)C(=O)CSc1nnc(C2CC2)n1C. The zero-order valence-electron chi connectivity index (χ0n) is 15.0. The number of benzene rings is 1. The molecule has 1 aliphatic rings. The summed E-state index contributed by atoms with van der Waals surface area (Å²) in [6, 6.07) is 8.01. The van der Waals surface area contributed by atoms with Crippen molar-refractivity contribution in [3.63, 3.8) is 0 Å². The number of carbonyl (C=O) groups excluding carboxylic acids is 1. The summed E-state index contributed by atoms with van der Waals surface area (Å²) in [5, 5.41) is 10.3. The largest absolute Gasteiger partial charge is 0.336 e. The molecule has 3 aromatic rings. The zero-order valence-corrected chi connectivity index (χ0v) is 16.7. The molecule has 1 saturated carbocycles. The number of hydrogen-bond donors (Lipinski definition) is 0. The van der Waals surface area contributed by atoms with E-state index in [2.05, 4.69) is 21.2 Å². The zero-order chi connectivity index (χ0) is 18.3. The van der Waals surface area contributed by atoms with Gasteiger partial charge in [-0.1, -0.05) is 23.9 Å². The lowest BCUT2D eigenvalue weighted by molar-refractivity contribution is -0.128. The molecule has 1 fully saturated rings. The van der Waals surface area contributed by atoms with Crippen molar-refractivity contribution in [3.05, 3.63) is 35.1 Å². The fraction of sp³-hybridized carbons (Fsp3) is 0.444. The number of carbonyl (C=O) groups is 1. The van der Waals surface area contributed by atoms with Crippen molar-refractivity contribution >= 4 is 39.2 Å². The maximum Gasteiger partial charge on any atom is 0.233 e. The van der Waals surface area contributed by atoms with Gasteiger partial charge in [-0.05, 0) is 31.9 Å². The first kappa shape index (κ1) is 17.5. The van der Waals surface area contributed by atoms with Crippen molar-refractivity contribution in [2.45, 2.75) is 36.9 Å². The highest BCUT2D eigenvalue weighted by Gasteiger charge is 2.29. The molecule has 1 aliphatic carbocycles. The Hall–Kier alpha value is -1.93. The highest BCUT2D eigenvalue weighted by molar-refractivity contribution is 7.99. The van der Waals surface area contributed by atoms with E-state index in [9.17, 15) is 4.79 Å². The van der Waals surface area contributed by atoms with Crippen LogP contribution in [0.15, 0.2) is 29.4 Å². The first-order valence-electron chi connectivity index (χ1n) is 8.68. The molecule has 6 nitrogen and oxygen atoms in total. The topological polar surface area (TPSA) is 63.9 Å². The van der Waals surface area contributed by atoms with Gasteiger partial charge in [0.15, 0.2) is 5.16 Å². The van der Waals surface area contributed by atoms with Gasteiger partial charge in [0.1, 0.15) is 10.8 Å². The van der Waals surface area contributed by atoms with Crippen LogP contribution in [-0.2, 0) is 11.8 Å². The Bertz CT molecular complexity index is 913. The second kappa shape index (κ2) is 7.00. The minimum atomic E-state index is -0.0537. The molecule has 136 valence electrons. The minimum absolute atomic E-state index is 0.0537. The Morgan fingerprint density at radius 2 is 2.15 bits per heavy atom. The van der Waals surface area contributed by atoms with Gasteiger partial charge < -0.3 is 9.47 Å². The van der Waals surface area contributed by atoms with E-state index in [1.165, 1.54) is 24.6 Å². The molecule has 0 spiro atoms. The molecule has 4 rings (SSSR count). The van der Waals surface area contributed by atoms with Crippen LogP contribution in [0.2, 0.25) is 0 Å². The molecular formula is C18H21N5OS2. The third kappa shape index (κ3) is 3.35. The highest BCUT2D eigenvalue weighted by atomic mass is 32.2. The molecule has 0 aliphatic heterocycles. The predicted octanol–water partition coefficient (Wildman–Crippen LogP) is 3.61. The molecule has 0 saturated heterocycles. The summed E-state index contributed by atoms with van der Waals surface area (Å²) in [4.78, 5) is 19.1. The molecule has 1 atom stereocenters. The lowest BCUT2D eigenvalue weighted by atomic mass is 10.3. The van der Waals surface area contributed by atoms with Crippen LogP contribution < -0.4 is 0 Å². The van der Waals surface area contributed by atoms with Crippen molar-refractivity contribution in [1.82, 2.24) is 24.6 Å². The van der Waals surface area contributed by atoms with Crippen LogP contribution in [0, 0.1) is 0 Å². The number of rotatable bonds is 6. The number of nitrogens with zero attached hydrogens (tertiary/aromatic N) is 5. The van der Waals surface area contributed by atoms with E-state index < -0.39 is 0 Å². The first-order valence-corrected chi connectivity index (χ1v) is 10.5. The van der Waals surface area contributed by atoms with Gasteiger partial charge in [-0.3, -0.25) is 4.79 Å². The standard InChI is InChI=1S/C18H21N5OS2/c1-11(17-19-13-6-4-5-7-14(13)26-17)22(2)15(24)10-25-18-21-20-16(23(18)3)12-8-9-12/h4-7,11-12H,8-10H2,1-3H3/t11-/m0/s1. The summed E-state index contributed by atoms with van der Waals surface area (Å²) < 4.78 is 3.17. The lowest BCUT2D eigenvalue weighted by Crippen LogP contribution is -2.31. The fourth-order valence-electron chi connectivity index (χ4n) is 2.83. The number of aromatic nitrogens is 4. The van der Waals surface area contributed by atoms with Crippen LogP contribution in [0.1, 0.15) is 42.6 Å². The molecule has 2 heterocycles. The van der Waals surface area contributed by atoms with Gasteiger partial charge in [0, 0.05) is 20.0 Å². The van der Waals surface area contributed by atoms with Crippen LogP contribution in [0.4, 0.5) is 0 Å². The smallest absolute Gasteiger partial charge is 0.233 e. The number of fused-ring (bicyclic) bond motifs is 1. The Balaban J connectivity index is 1.40. The summed E-state index contributed by atoms with van der Waals surface area (Å²) in [6.07, 6.45) is 2.38. The van der Waals surface area contributed by atoms with Gasteiger partial charge >= 0.3 is 0 Å². The first-order chi connectivity index (χ1) is 12.5. The van der Waals surface area contributed by atoms with Gasteiger partial charge in [-0.2, -0.15) is 0 Å². The average molecular weight is 388 g/mol. The molecule has 0 unspecified atom stereocenters. The van der Waals surface area contributed by atoms with Gasteiger partial charge in [0.2, 0.25) is 5.91 Å². The second-order valence-corrected chi connectivity index (χ2v) is 8.67. The quantitative estimate of drug-likeness (QED) is 0.605. The monoisotopic (exact) mass is 387 g/mol. The van der Waals surface area contributed by atoms with Crippen LogP contribution in [0.25, 0.3) is 10.2 Å². The molecule has 0 bridgehead atoms. The van der Waals surface area contributed by atoms with E-state index in [0.717, 1.165) is 26.2 Å². The lowest BCUT2D eigenvalue weighted by Gasteiger charge is -2.23. The Morgan fingerprint density at radius 3 is 2.88 bits per heavy atom. The summed E-state index contributed by atoms with van der Waals surface area (Å²) in [5.41, 5.74) is 0.987. The maximum absolute atomic E-state index is 12.6. The summed E-state index contributed by atoms with van der Waals surface area (Å²) >= 11 is 3.09. The Morgan fingerprint density at radius 1 is 1.38 bits per heavy atom. The molecule has 0 radical (unpaired) electrons. The maximum atomic E-state index is 12.6. The number of thiazole rings is 1. The second-order valence-electron chi connectivity index (χ2n) is 6.66. The van der Waals surface area contributed by atoms with E-state index in [0.29, 0.717) is 11.7 Å². The number of hydrogen-bond acceptors (Lipinski definition) is 6. The molecule has 26 heavy (non-hydrogen) atoms. The van der Waals surface area contributed by atoms with E-state index in [-0.39, 0.29) is 11.9 Å². The third-order valence-corrected chi connectivity index (χ3v) is 6.99. The van der Waals surface area contributed by atoms with E-state index in [4.69, 9.17) is 0 Å². The van der Waals surface area contributed by atoms with Crippen molar-refractivity contribution < 1.29 is 4.79 Å². The Kier molecular flexibility index (Phi) is 4.71. The Labute approximate surface area is 160 Å². The van der Waals surface area contributed by atoms with Gasteiger partial charge in [0.25, 0.3) is 0 Å². The van der Waals surface area contributed by atoms with E-state index >= 15 is 0 Å². The summed E-state index contributed by atoms with van der Waals surface area (Å²) in [7, 11) is 3.82. The number of para-hydroxylation sites is 1. The van der Waals surface area contributed by atoms with E-state index in [1.54, 1.807) is 16.2 Å².